The van der Waals surface area contributed by atoms with Crippen LogP contribution in [0.15, 0.2) is 59.0 Å². The molecule has 0 aliphatic heterocycles. The van der Waals surface area contributed by atoms with Crippen LogP contribution in [0.25, 0.3) is 22.6 Å². The van der Waals surface area contributed by atoms with Crippen LogP contribution in [0.3, 0.4) is 0 Å². The predicted molar refractivity (Wildman–Crippen MR) is 117 cm³/mol. The van der Waals surface area contributed by atoms with Crippen LogP contribution in [-0.2, 0) is 0 Å². The number of aryl methyl sites for hydroxylation is 1. The predicted octanol–water partition coefficient (Wildman–Crippen LogP) is 4.30. The number of hydrogen-bond acceptors (Lipinski definition) is 6. The molecule has 0 saturated heterocycles. The third kappa shape index (κ3) is 3.69. The van der Waals surface area contributed by atoms with E-state index in [1.165, 1.54) is 31.3 Å². The molecule has 3 aromatic carbocycles. The molecule has 0 radical (unpaired) electrons. The van der Waals surface area contributed by atoms with Crippen LogP contribution < -0.4 is 4.90 Å². The smallest absolute Gasteiger partial charge is 0.335 e. The highest BCUT2D eigenvalue weighted by atomic mass is 16.4. The number of carbonyl (C=O) groups is 3. The lowest BCUT2D eigenvalue weighted by Crippen LogP contribution is -2.27. The SMILES string of the molecule is Cc1ccc2nc(-c3ccc(O)c(N(C)C(=O)c4cc(C(=O)O)ccc4C=O)c3)oc2c1. The second-order valence-corrected chi connectivity index (χ2v) is 7.28. The maximum absolute atomic E-state index is 13.1. The molecule has 0 unspecified atom stereocenters. The van der Waals surface area contributed by atoms with E-state index in [4.69, 9.17) is 4.42 Å². The Hall–Kier alpha value is -4.46. The van der Waals surface area contributed by atoms with Crippen molar-refractivity contribution in [2.24, 2.45) is 0 Å². The fraction of sp³-hybridized carbons (Fsp3) is 0.0833. The number of carboxylic acids is 1. The zero-order valence-corrected chi connectivity index (χ0v) is 17.2. The molecule has 0 aliphatic rings. The average Bonchev–Trinajstić information content (AvgIpc) is 3.21. The van der Waals surface area contributed by atoms with Gasteiger partial charge in [0.2, 0.25) is 5.89 Å². The van der Waals surface area contributed by atoms with E-state index in [1.807, 2.05) is 25.1 Å². The van der Waals surface area contributed by atoms with E-state index in [2.05, 4.69) is 4.98 Å². The highest BCUT2D eigenvalue weighted by Crippen LogP contribution is 2.34. The van der Waals surface area contributed by atoms with E-state index < -0.39 is 11.9 Å². The van der Waals surface area contributed by atoms with Crippen molar-refractivity contribution >= 4 is 34.9 Å². The van der Waals surface area contributed by atoms with E-state index in [-0.39, 0.29) is 28.1 Å². The third-order valence-electron chi connectivity index (χ3n) is 5.09. The first-order chi connectivity index (χ1) is 15.3. The first-order valence-corrected chi connectivity index (χ1v) is 9.59. The highest BCUT2D eigenvalue weighted by molar-refractivity contribution is 6.11. The van der Waals surface area contributed by atoms with Gasteiger partial charge in [0.1, 0.15) is 11.3 Å². The zero-order chi connectivity index (χ0) is 23.0. The van der Waals surface area contributed by atoms with Gasteiger partial charge < -0.3 is 19.5 Å². The number of aromatic nitrogens is 1. The summed E-state index contributed by atoms with van der Waals surface area (Å²) in [6, 6.07) is 13.8. The van der Waals surface area contributed by atoms with Crippen molar-refractivity contribution in [3.63, 3.8) is 0 Å². The molecule has 1 heterocycles. The number of carboxylic acid groups (broad SMARTS) is 1. The van der Waals surface area contributed by atoms with Crippen LogP contribution in [-0.4, -0.2) is 40.4 Å². The van der Waals surface area contributed by atoms with Gasteiger partial charge in [-0.3, -0.25) is 9.59 Å². The number of aromatic carboxylic acids is 1. The number of phenolic OH excluding ortho intramolecular Hbond substituents is 1. The summed E-state index contributed by atoms with van der Waals surface area (Å²) >= 11 is 0. The molecule has 160 valence electrons. The van der Waals surface area contributed by atoms with E-state index in [1.54, 1.807) is 6.07 Å². The van der Waals surface area contributed by atoms with E-state index in [0.29, 0.717) is 28.8 Å². The summed E-state index contributed by atoms with van der Waals surface area (Å²) < 4.78 is 5.83. The number of phenols is 1. The Labute approximate surface area is 182 Å². The van der Waals surface area contributed by atoms with Crippen LogP contribution in [0.4, 0.5) is 5.69 Å². The lowest BCUT2D eigenvalue weighted by molar-refractivity contribution is 0.0696. The maximum Gasteiger partial charge on any atom is 0.335 e. The molecule has 1 amide bonds. The maximum atomic E-state index is 13.1. The van der Waals surface area contributed by atoms with Crippen molar-refractivity contribution < 1.29 is 29.0 Å². The number of carbonyl (C=O) groups excluding carboxylic acids is 2. The van der Waals surface area contributed by atoms with Crippen molar-refractivity contribution in [3.05, 3.63) is 76.9 Å². The van der Waals surface area contributed by atoms with Crippen molar-refractivity contribution in [2.45, 2.75) is 6.92 Å². The van der Waals surface area contributed by atoms with Crippen molar-refractivity contribution in [1.82, 2.24) is 4.98 Å². The Balaban J connectivity index is 1.75. The normalized spacial score (nSPS) is 10.8. The van der Waals surface area contributed by atoms with Gasteiger partial charge >= 0.3 is 5.97 Å². The summed E-state index contributed by atoms with van der Waals surface area (Å²) in [4.78, 5) is 41.4. The summed E-state index contributed by atoms with van der Waals surface area (Å²) in [5.74, 6) is -1.75. The third-order valence-corrected chi connectivity index (χ3v) is 5.09. The van der Waals surface area contributed by atoms with Crippen molar-refractivity contribution in [1.29, 1.82) is 0 Å². The number of fused-ring (bicyclic) bond motifs is 1. The summed E-state index contributed by atoms with van der Waals surface area (Å²) in [5.41, 5.74) is 2.79. The molecule has 0 spiro atoms. The van der Waals surface area contributed by atoms with Crippen molar-refractivity contribution in [2.75, 3.05) is 11.9 Å². The summed E-state index contributed by atoms with van der Waals surface area (Å²) in [6.07, 6.45) is 0.475. The Morgan fingerprint density at radius 2 is 1.84 bits per heavy atom. The molecule has 4 rings (SSSR count). The molecule has 0 fully saturated rings. The van der Waals surface area contributed by atoms with Gasteiger partial charge in [0.15, 0.2) is 11.9 Å². The number of hydrogen-bond donors (Lipinski definition) is 2. The fourth-order valence-corrected chi connectivity index (χ4v) is 3.35. The minimum atomic E-state index is -1.23. The molecule has 32 heavy (non-hydrogen) atoms. The highest BCUT2D eigenvalue weighted by Gasteiger charge is 2.22. The van der Waals surface area contributed by atoms with Gasteiger partial charge in [0, 0.05) is 18.2 Å². The van der Waals surface area contributed by atoms with E-state index in [9.17, 15) is 24.6 Å². The lowest BCUT2D eigenvalue weighted by atomic mass is 10.0. The molecular weight excluding hydrogens is 412 g/mol. The average molecular weight is 430 g/mol. The Morgan fingerprint density at radius 3 is 2.56 bits per heavy atom. The molecule has 4 aromatic rings. The van der Waals surface area contributed by atoms with Gasteiger partial charge in [-0.15, -0.1) is 0 Å². The number of rotatable bonds is 5. The summed E-state index contributed by atoms with van der Waals surface area (Å²) in [7, 11) is 1.42. The molecule has 8 heteroatoms. The summed E-state index contributed by atoms with van der Waals surface area (Å²) in [5, 5.41) is 19.6. The van der Waals surface area contributed by atoms with Crippen molar-refractivity contribution in [3.8, 4) is 17.2 Å². The Kier molecular flexibility index (Phi) is 5.19. The van der Waals surface area contributed by atoms with Crippen LogP contribution in [0.5, 0.6) is 5.75 Å². The van der Waals surface area contributed by atoms with Gasteiger partial charge in [0.25, 0.3) is 5.91 Å². The number of benzene rings is 3. The van der Waals surface area contributed by atoms with Crippen LogP contribution in [0.2, 0.25) is 0 Å². The van der Waals surface area contributed by atoms with Gasteiger partial charge in [0.05, 0.1) is 16.8 Å². The molecule has 2 N–H and O–H groups in total. The molecule has 0 bridgehead atoms. The molecule has 0 aliphatic carbocycles. The first-order valence-electron chi connectivity index (χ1n) is 9.59. The Morgan fingerprint density at radius 1 is 1.06 bits per heavy atom. The molecule has 0 atom stereocenters. The van der Waals surface area contributed by atoms with Crippen LogP contribution in [0.1, 0.15) is 36.6 Å². The zero-order valence-electron chi connectivity index (χ0n) is 17.2. The van der Waals surface area contributed by atoms with Gasteiger partial charge in [-0.2, -0.15) is 0 Å². The van der Waals surface area contributed by atoms with Gasteiger partial charge in [-0.1, -0.05) is 12.1 Å². The largest absolute Gasteiger partial charge is 0.506 e. The van der Waals surface area contributed by atoms with Crippen LogP contribution >= 0.6 is 0 Å². The minimum Gasteiger partial charge on any atom is -0.506 e. The molecular formula is C24H18N2O6. The number of aromatic hydroxyl groups is 1. The minimum absolute atomic E-state index is 0.0387. The first kappa shape index (κ1) is 20.8. The summed E-state index contributed by atoms with van der Waals surface area (Å²) in [6.45, 7) is 1.94. The fourth-order valence-electron chi connectivity index (χ4n) is 3.35. The van der Waals surface area contributed by atoms with Crippen LogP contribution in [0, 0.1) is 6.92 Å². The monoisotopic (exact) mass is 430 g/mol. The number of anilines is 1. The number of nitrogens with zero attached hydrogens (tertiary/aromatic N) is 2. The van der Waals surface area contributed by atoms with Gasteiger partial charge in [-0.05, 0) is 55.0 Å². The van der Waals surface area contributed by atoms with Gasteiger partial charge in [-0.25, -0.2) is 9.78 Å². The number of amides is 1. The second-order valence-electron chi connectivity index (χ2n) is 7.28. The molecule has 8 nitrogen and oxygen atoms in total. The quantitative estimate of drug-likeness (QED) is 0.453. The number of aldehydes is 1. The second kappa shape index (κ2) is 7.99. The standard InChI is InChI=1S/C24H18N2O6/c1-13-3-7-18-21(9-13)32-22(25-18)14-6-8-20(28)19(11-14)26(2)23(29)17-10-15(24(30)31)4-5-16(17)12-27/h3-12,28H,1-2H3,(H,30,31). The topological polar surface area (TPSA) is 121 Å². The van der Waals surface area contributed by atoms with E-state index in [0.717, 1.165) is 16.5 Å². The number of oxazole rings is 1. The lowest BCUT2D eigenvalue weighted by Gasteiger charge is -2.20. The Bertz CT molecular complexity index is 1390. The van der Waals surface area contributed by atoms with E-state index >= 15 is 0 Å². The molecule has 0 saturated carbocycles. The molecule has 1 aromatic heterocycles.